The Hall–Kier alpha value is -2.74. The van der Waals surface area contributed by atoms with E-state index in [1.165, 1.54) is 11.2 Å². The third-order valence-electron chi connectivity index (χ3n) is 5.06. The van der Waals surface area contributed by atoms with Crippen molar-refractivity contribution >= 4 is 27.3 Å². The number of hydrogen-bond acceptors (Lipinski definition) is 5. The zero-order valence-corrected chi connectivity index (χ0v) is 17.0. The SMILES string of the molecule is COc1ccc(NC(=O)[C@@]2(C)CCCN(c3ccc(OC)cc3)S2(=O)=O)cc1. The summed E-state index contributed by atoms with van der Waals surface area (Å²) in [5.74, 6) is 0.745. The van der Waals surface area contributed by atoms with Crippen molar-refractivity contribution in [3.05, 3.63) is 48.5 Å². The Morgan fingerprint density at radius 2 is 1.54 bits per heavy atom. The van der Waals surface area contributed by atoms with Gasteiger partial charge in [-0.05, 0) is 68.3 Å². The van der Waals surface area contributed by atoms with Crippen LogP contribution < -0.4 is 19.1 Å². The number of benzene rings is 2. The summed E-state index contributed by atoms with van der Waals surface area (Å²) < 4.78 is 36.6. The molecule has 150 valence electrons. The maximum absolute atomic E-state index is 13.3. The van der Waals surface area contributed by atoms with Crippen molar-refractivity contribution in [1.82, 2.24) is 0 Å². The number of hydrogen-bond donors (Lipinski definition) is 1. The van der Waals surface area contributed by atoms with Crippen LogP contribution in [0.2, 0.25) is 0 Å². The molecule has 8 heteroatoms. The third kappa shape index (κ3) is 3.52. The van der Waals surface area contributed by atoms with Crippen molar-refractivity contribution in [2.24, 2.45) is 0 Å². The second-order valence-corrected chi connectivity index (χ2v) is 9.08. The van der Waals surface area contributed by atoms with Gasteiger partial charge in [0.15, 0.2) is 4.75 Å². The minimum atomic E-state index is -3.91. The van der Waals surface area contributed by atoms with Crippen molar-refractivity contribution in [3.8, 4) is 11.5 Å². The average Bonchev–Trinajstić information content (AvgIpc) is 2.70. The molecule has 1 saturated heterocycles. The Labute approximate surface area is 165 Å². The van der Waals surface area contributed by atoms with Crippen LogP contribution in [0.5, 0.6) is 11.5 Å². The van der Waals surface area contributed by atoms with E-state index in [1.54, 1.807) is 62.8 Å². The molecule has 1 atom stereocenters. The lowest BCUT2D eigenvalue weighted by molar-refractivity contribution is -0.118. The molecule has 1 fully saturated rings. The molecule has 2 aromatic rings. The molecule has 0 spiro atoms. The van der Waals surface area contributed by atoms with Gasteiger partial charge in [0.05, 0.1) is 19.9 Å². The molecule has 1 aliphatic rings. The first-order valence-electron chi connectivity index (χ1n) is 8.94. The Morgan fingerprint density at radius 1 is 1.00 bits per heavy atom. The minimum absolute atomic E-state index is 0.254. The highest BCUT2D eigenvalue weighted by Gasteiger charge is 2.52. The number of sulfonamides is 1. The first-order valence-corrected chi connectivity index (χ1v) is 10.4. The fraction of sp³-hybridized carbons (Fsp3) is 0.350. The van der Waals surface area contributed by atoms with E-state index in [9.17, 15) is 13.2 Å². The largest absolute Gasteiger partial charge is 0.497 e. The van der Waals surface area contributed by atoms with Gasteiger partial charge in [-0.3, -0.25) is 9.10 Å². The van der Waals surface area contributed by atoms with Crippen molar-refractivity contribution in [2.75, 3.05) is 30.4 Å². The summed E-state index contributed by atoms with van der Waals surface area (Å²) in [4.78, 5) is 13.0. The van der Waals surface area contributed by atoms with Gasteiger partial charge in [-0.25, -0.2) is 8.42 Å². The smallest absolute Gasteiger partial charge is 0.249 e. The quantitative estimate of drug-likeness (QED) is 0.828. The number of methoxy groups -OCH3 is 2. The highest BCUT2D eigenvalue weighted by atomic mass is 32.2. The Kier molecular flexibility index (Phi) is 5.51. The number of anilines is 2. The lowest BCUT2D eigenvalue weighted by Crippen LogP contribution is -2.57. The molecule has 3 rings (SSSR count). The van der Waals surface area contributed by atoms with E-state index >= 15 is 0 Å². The van der Waals surface area contributed by atoms with Gasteiger partial charge in [0, 0.05) is 12.2 Å². The van der Waals surface area contributed by atoms with E-state index in [0.717, 1.165) is 0 Å². The van der Waals surface area contributed by atoms with E-state index < -0.39 is 20.7 Å². The summed E-state index contributed by atoms with van der Waals surface area (Å²) in [6, 6.07) is 13.5. The number of ether oxygens (including phenoxy) is 2. The Bertz CT molecular complexity index is 942. The summed E-state index contributed by atoms with van der Waals surface area (Å²) in [7, 11) is -0.811. The molecular formula is C20H24N2O5S. The van der Waals surface area contributed by atoms with Crippen molar-refractivity contribution < 1.29 is 22.7 Å². The molecule has 2 aromatic carbocycles. The molecule has 0 radical (unpaired) electrons. The Balaban J connectivity index is 1.86. The fourth-order valence-electron chi connectivity index (χ4n) is 3.24. The molecule has 7 nitrogen and oxygen atoms in total. The highest BCUT2D eigenvalue weighted by Crippen LogP contribution is 2.36. The molecule has 1 heterocycles. The molecule has 0 bridgehead atoms. The predicted octanol–water partition coefficient (Wildman–Crippen LogP) is 3.03. The molecule has 1 N–H and O–H groups in total. The van der Waals surface area contributed by atoms with Gasteiger partial charge in [-0.15, -0.1) is 0 Å². The van der Waals surface area contributed by atoms with Crippen LogP contribution >= 0.6 is 0 Å². The molecule has 0 aliphatic carbocycles. The van der Waals surface area contributed by atoms with Crippen LogP contribution in [0.3, 0.4) is 0 Å². The average molecular weight is 404 g/mol. The normalized spacial score (nSPS) is 21.0. The molecule has 0 saturated carbocycles. The highest BCUT2D eigenvalue weighted by molar-refractivity contribution is 7.95. The summed E-state index contributed by atoms with van der Waals surface area (Å²) in [5, 5.41) is 2.73. The predicted molar refractivity (Wildman–Crippen MR) is 109 cm³/mol. The third-order valence-corrected chi connectivity index (χ3v) is 7.56. The fourth-order valence-corrected chi connectivity index (χ4v) is 5.18. The van der Waals surface area contributed by atoms with Crippen LogP contribution in [0.4, 0.5) is 11.4 Å². The number of rotatable bonds is 5. The second kappa shape index (κ2) is 7.71. The zero-order valence-electron chi connectivity index (χ0n) is 16.1. The monoisotopic (exact) mass is 404 g/mol. The molecule has 0 unspecified atom stereocenters. The summed E-state index contributed by atoms with van der Waals surface area (Å²) in [5.41, 5.74) is 1.03. The summed E-state index contributed by atoms with van der Waals surface area (Å²) >= 11 is 0. The second-order valence-electron chi connectivity index (χ2n) is 6.79. The lowest BCUT2D eigenvalue weighted by Gasteiger charge is -2.39. The van der Waals surface area contributed by atoms with Gasteiger partial charge in [0.1, 0.15) is 11.5 Å². The number of carbonyl (C=O) groups is 1. The van der Waals surface area contributed by atoms with Gasteiger partial charge in [-0.1, -0.05) is 0 Å². The van der Waals surface area contributed by atoms with Crippen LogP contribution in [0, 0.1) is 0 Å². The number of carbonyl (C=O) groups excluding carboxylic acids is 1. The van der Waals surface area contributed by atoms with Crippen LogP contribution in [0.15, 0.2) is 48.5 Å². The van der Waals surface area contributed by atoms with Crippen molar-refractivity contribution in [3.63, 3.8) is 0 Å². The van der Waals surface area contributed by atoms with E-state index in [2.05, 4.69) is 5.32 Å². The number of nitrogens with zero attached hydrogens (tertiary/aromatic N) is 1. The maximum atomic E-state index is 13.3. The van der Waals surface area contributed by atoms with E-state index in [1.807, 2.05) is 0 Å². The molecule has 0 aromatic heterocycles. The van der Waals surface area contributed by atoms with Crippen molar-refractivity contribution in [2.45, 2.75) is 24.5 Å². The summed E-state index contributed by atoms with van der Waals surface area (Å²) in [6.07, 6.45) is 0.835. The number of nitrogens with one attached hydrogen (secondary N) is 1. The van der Waals surface area contributed by atoms with Crippen LogP contribution in [-0.4, -0.2) is 39.8 Å². The molecule has 1 amide bonds. The first-order chi connectivity index (χ1) is 13.3. The first kappa shape index (κ1) is 20.0. The Morgan fingerprint density at radius 3 is 2.07 bits per heavy atom. The molecule has 28 heavy (non-hydrogen) atoms. The standard InChI is InChI=1S/C20H24N2O5S/c1-20(19(23)21-15-5-9-17(26-2)10-6-15)13-4-14-22(28(20,24)25)16-7-11-18(27-3)12-8-16/h5-12H,4,13-14H2,1-3H3,(H,21,23)/t20-/m1/s1. The molecular weight excluding hydrogens is 380 g/mol. The van der Waals surface area contributed by atoms with Crippen LogP contribution in [0.1, 0.15) is 19.8 Å². The van der Waals surface area contributed by atoms with Gasteiger partial charge in [0.2, 0.25) is 15.9 Å². The van der Waals surface area contributed by atoms with Gasteiger partial charge in [-0.2, -0.15) is 0 Å². The zero-order chi connectivity index (χ0) is 20.4. The van der Waals surface area contributed by atoms with Gasteiger partial charge in [0.25, 0.3) is 0 Å². The van der Waals surface area contributed by atoms with E-state index in [-0.39, 0.29) is 6.42 Å². The van der Waals surface area contributed by atoms with Gasteiger partial charge >= 0.3 is 0 Å². The van der Waals surface area contributed by atoms with Crippen LogP contribution in [0.25, 0.3) is 0 Å². The van der Waals surface area contributed by atoms with Crippen LogP contribution in [-0.2, 0) is 14.8 Å². The van der Waals surface area contributed by atoms with Crippen molar-refractivity contribution in [1.29, 1.82) is 0 Å². The topological polar surface area (TPSA) is 84.9 Å². The minimum Gasteiger partial charge on any atom is -0.497 e. The van der Waals surface area contributed by atoms with Gasteiger partial charge < -0.3 is 14.8 Å². The molecule has 1 aliphatic heterocycles. The van der Waals surface area contributed by atoms with E-state index in [0.29, 0.717) is 35.8 Å². The number of amides is 1. The van der Waals surface area contributed by atoms with E-state index in [4.69, 9.17) is 9.47 Å². The lowest BCUT2D eigenvalue weighted by atomic mass is 10.0. The maximum Gasteiger partial charge on any atom is 0.249 e. The summed E-state index contributed by atoms with van der Waals surface area (Å²) in [6.45, 7) is 1.82.